The predicted molar refractivity (Wildman–Crippen MR) is 132 cm³/mol. The molecule has 1 N–H and O–H groups in total. The molecule has 0 fully saturated rings. The summed E-state index contributed by atoms with van der Waals surface area (Å²) in [6.45, 7) is 12.3. The molecule has 1 heterocycles. The Balaban J connectivity index is 1.96. The Bertz CT molecular complexity index is 896. The third-order valence-electron chi connectivity index (χ3n) is 6.19. The molecular weight excluding hydrogens is 470 g/mol. The van der Waals surface area contributed by atoms with E-state index in [1.807, 2.05) is 30.3 Å². The second-order valence-electron chi connectivity index (χ2n) is 9.87. The van der Waals surface area contributed by atoms with E-state index in [1.54, 1.807) is 6.92 Å². The first-order valence-electron chi connectivity index (χ1n) is 11.6. The number of esters is 1. The number of methoxy groups -OCH3 is 1. The molecule has 0 saturated heterocycles. The minimum Gasteiger partial charge on any atom is -0.467 e. The Kier molecular flexibility index (Phi) is 10.2. The molecule has 0 unspecified atom stereocenters. The normalized spacial score (nSPS) is 20.1. The highest BCUT2D eigenvalue weighted by molar-refractivity contribution is 6.74. The lowest BCUT2D eigenvalue weighted by Gasteiger charge is -2.37. The van der Waals surface area contributed by atoms with Gasteiger partial charge >= 0.3 is 12.1 Å². The minimum atomic E-state index is -2.08. The van der Waals surface area contributed by atoms with Crippen molar-refractivity contribution in [2.75, 3.05) is 13.7 Å². The number of amides is 1. The fourth-order valence-electron chi connectivity index (χ4n) is 2.93. The second-order valence-corrected chi connectivity index (χ2v) is 14.7. The second kappa shape index (κ2) is 12.4. The maximum absolute atomic E-state index is 12.3. The highest BCUT2D eigenvalue weighted by Gasteiger charge is 2.39. The van der Waals surface area contributed by atoms with E-state index in [9.17, 15) is 14.4 Å². The number of hydrogen-bond acceptors (Lipinski definition) is 8. The fourth-order valence-corrected chi connectivity index (χ4v) is 3.93. The summed E-state index contributed by atoms with van der Waals surface area (Å²) in [5.41, 5.74) is 0.804. The van der Waals surface area contributed by atoms with Crippen LogP contribution < -0.4 is 5.32 Å². The van der Waals surface area contributed by atoms with E-state index in [2.05, 4.69) is 39.2 Å². The molecule has 1 aliphatic rings. The highest BCUT2D eigenvalue weighted by atomic mass is 28.4. The Morgan fingerprint density at radius 2 is 1.83 bits per heavy atom. The lowest BCUT2D eigenvalue weighted by atomic mass is 10.1. The summed E-state index contributed by atoms with van der Waals surface area (Å²) in [5.74, 6) is -0.925. The first-order chi connectivity index (χ1) is 16.3. The van der Waals surface area contributed by atoms with Gasteiger partial charge in [-0.3, -0.25) is 4.79 Å². The van der Waals surface area contributed by atoms with Gasteiger partial charge in [0, 0.05) is 0 Å². The fraction of sp³-hybridized carbons (Fsp3) is 0.560. The Morgan fingerprint density at radius 1 is 1.17 bits per heavy atom. The number of ether oxygens (including phenoxy) is 4. The van der Waals surface area contributed by atoms with Gasteiger partial charge in [0.2, 0.25) is 0 Å². The molecule has 4 atom stereocenters. The van der Waals surface area contributed by atoms with Crippen molar-refractivity contribution >= 4 is 26.2 Å². The van der Waals surface area contributed by atoms with Gasteiger partial charge in [-0.15, -0.1) is 0 Å². The molecule has 194 valence electrons. The third-order valence-corrected chi connectivity index (χ3v) is 10.7. The van der Waals surface area contributed by atoms with Crippen molar-refractivity contribution in [3.8, 4) is 0 Å². The van der Waals surface area contributed by atoms with Crippen molar-refractivity contribution in [2.24, 2.45) is 0 Å². The lowest BCUT2D eigenvalue weighted by Crippen LogP contribution is -2.51. The quantitative estimate of drug-likeness (QED) is 0.377. The van der Waals surface area contributed by atoms with E-state index in [1.165, 1.54) is 19.3 Å². The predicted octanol–water partition coefficient (Wildman–Crippen LogP) is 3.73. The molecule has 0 aliphatic carbocycles. The van der Waals surface area contributed by atoms with Gasteiger partial charge in [0.05, 0.1) is 19.8 Å². The van der Waals surface area contributed by atoms with Gasteiger partial charge in [0.1, 0.15) is 12.7 Å². The molecule has 1 aromatic carbocycles. The van der Waals surface area contributed by atoms with Gasteiger partial charge in [0.25, 0.3) is 0 Å². The zero-order chi connectivity index (χ0) is 26.2. The summed E-state index contributed by atoms with van der Waals surface area (Å²) in [6.07, 6.45) is -0.539. The molecule has 0 saturated carbocycles. The molecule has 0 radical (unpaired) electrons. The Labute approximate surface area is 208 Å². The monoisotopic (exact) mass is 507 g/mol. The highest BCUT2D eigenvalue weighted by Crippen LogP contribution is 2.36. The maximum atomic E-state index is 12.3. The molecule has 9 nitrogen and oxygen atoms in total. The number of carbonyl (C=O) groups excluding carboxylic acids is 3. The number of carbonyl (C=O) groups is 3. The Morgan fingerprint density at radius 3 is 2.43 bits per heavy atom. The van der Waals surface area contributed by atoms with Crippen LogP contribution in [0.1, 0.15) is 33.3 Å². The van der Waals surface area contributed by atoms with Gasteiger partial charge in [-0.2, -0.15) is 0 Å². The van der Waals surface area contributed by atoms with Crippen molar-refractivity contribution in [1.29, 1.82) is 0 Å². The maximum Gasteiger partial charge on any atom is 0.408 e. The van der Waals surface area contributed by atoms with E-state index in [0.29, 0.717) is 0 Å². The first kappa shape index (κ1) is 28.7. The molecule has 10 heteroatoms. The van der Waals surface area contributed by atoms with Crippen molar-refractivity contribution in [3.05, 3.63) is 48.0 Å². The number of ketones is 1. The van der Waals surface area contributed by atoms with E-state index < -0.39 is 44.9 Å². The SMILES string of the molecule is COC(=O)[C@@H](NC(=O)OCc1ccccc1)[C@@H](C)O[C@H]1C=CC(=O)[C@H](CO[Si](C)(C)C(C)(C)C)O1. The first-order valence-corrected chi connectivity index (χ1v) is 14.5. The molecule has 1 aliphatic heterocycles. The third kappa shape index (κ3) is 8.57. The van der Waals surface area contributed by atoms with Crippen molar-refractivity contribution < 1.29 is 37.8 Å². The van der Waals surface area contributed by atoms with Crippen LogP contribution in [0, 0.1) is 0 Å². The van der Waals surface area contributed by atoms with Crippen LogP contribution in [0.4, 0.5) is 4.79 Å². The van der Waals surface area contributed by atoms with Gasteiger partial charge in [0.15, 0.2) is 26.4 Å². The average Bonchev–Trinajstić information content (AvgIpc) is 2.80. The molecule has 0 aromatic heterocycles. The molecule has 35 heavy (non-hydrogen) atoms. The number of hydrogen-bond donors (Lipinski definition) is 1. The van der Waals surface area contributed by atoms with E-state index in [0.717, 1.165) is 5.56 Å². The lowest BCUT2D eigenvalue weighted by molar-refractivity contribution is -0.188. The van der Waals surface area contributed by atoms with Crippen LogP contribution in [0.25, 0.3) is 0 Å². The molecule has 2 rings (SSSR count). The molecule has 0 spiro atoms. The summed E-state index contributed by atoms with van der Waals surface area (Å²) in [5, 5.41) is 2.47. The van der Waals surface area contributed by atoms with Crippen LogP contribution in [0.3, 0.4) is 0 Å². The van der Waals surface area contributed by atoms with Crippen LogP contribution >= 0.6 is 0 Å². The van der Waals surface area contributed by atoms with Gasteiger partial charge in [-0.05, 0) is 42.8 Å². The minimum absolute atomic E-state index is 0.0144. The zero-order valence-corrected chi connectivity index (χ0v) is 22.5. The Hall–Kier alpha value is -2.53. The van der Waals surface area contributed by atoms with Crippen LogP contribution in [0.15, 0.2) is 42.5 Å². The van der Waals surface area contributed by atoms with Crippen LogP contribution in [0.2, 0.25) is 18.1 Å². The summed E-state index contributed by atoms with van der Waals surface area (Å²) < 4.78 is 27.8. The number of benzene rings is 1. The molecule has 1 aromatic rings. The number of alkyl carbamates (subject to hydrolysis) is 1. The molecular formula is C25H37NO8Si. The van der Waals surface area contributed by atoms with Gasteiger partial charge in [-0.1, -0.05) is 51.1 Å². The van der Waals surface area contributed by atoms with Crippen molar-refractivity contribution in [1.82, 2.24) is 5.32 Å². The van der Waals surface area contributed by atoms with E-state index >= 15 is 0 Å². The van der Waals surface area contributed by atoms with E-state index in [4.69, 9.17) is 23.4 Å². The molecule has 1 amide bonds. The largest absolute Gasteiger partial charge is 0.467 e. The summed E-state index contributed by atoms with van der Waals surface area (Å²) >= 11 is 0. The van der Waals surface area contributed by atoms with Crippen LogP contribution in [0.5, 0.6) is 0 Å². The summed E-state index contributed by atoms with van der Waals surface area (Å²) in [7, 11) is -0.870. The molecule has 0 bridgehead atoms. The van der Waals surface area contributed by atoms with E-state index in [-0.39, 0.29) is 24.0 Å². The van der Waals surface area contributed by atoms with Crippen LogP contribution in [-0.4, -0.2) is 64.4 Å². The van der Waals surface area contributed by atoms with Crippen molar-refractivity contribution in [2.45, 2.75) is 77.0 Å². The average molecular weight is 508 g/mol. The summed E-state index contributed by atoms with van der Waals surface area (Å²) in [6, 6.07) is 7.99. The van der Waals surface area contributed by atoms with Gasteiger partial charge < -0.3 is 28.7 Å². The topological polar surface area (TPSA) is 109 Å². The van der Waals surface area contributed by atoms with Gasteiger partial charge in [-0.25, -0.2) is 9.59 Å². The standard InChI is InChI=1S/C25H37NO8Si/c1-17(22(23(28)30-5)26-24(29)31-15-18-11-9-8-10-12-18)33-21-14-13-19(27)20(34-21)16-32-35(6,7)25(2,3)4/h8-14,17,20-22H,15-16H2,1-7H3,(H,26,29)/t17-,20+,21-,22+/m1/s1. The smallest absolute Gasteiger partial charge is 0.408 e. The van der Waals surface area contributed by atoms with Crippen molar-refractivity contribution in [3.63, 3.8) is 0 Å². The summed E-state index contributed by atoms with van der Waals surface area (Å²) in [4.78, 5) is 37.0. The number of nitrogens with one attached hydrogen (secondary N) is 1. The zero-order valence-electron chi connectivity index (χ0n) is 21.5. The van der Waals surface area contributed by atoms with Crippen LogP contribution in [-0.2, 0) is 39.6 Å². The number of rotatable bonds is 10.